The maximum Gasteiger partial charge on any atom is 0.336 e. The minimum atomic E-state index is -0.411. The van der Waals surface area contributed by atoms with Crippen molar-refractivity contribution in [2.45, 2.75) is 13.0 Å². The first kappa shape index (κ1) is 20.4. The van der Waals surface area contributed by atoms with Crippen molar-refractivity contribution in [2.75, 3.05) is 13.7 Å². The number of fused-ring (bicyclic) bond motifs is 1. The molecule has 0 bridgehead atoms. The lowest BCUT2D eigenvalue weighted by Crippen LogP contribution is -2.35. The van der Waals surface area contributed by atoms with Crippen LogP contribution in [0.15, 0.2) is 94.1 Å². The van der Waals surface area contributed by atoms with E-state index in [0.29, 0.717) is 11.3 Å². The zero-order chi connectivity index (χ0) is 21.8. The molecule has 0 aliphatic carbocycles. The Labute approximate surface area is 180 Å². The van der Waals surface area contributed by atoms with E-state index in [2.05, 4.69) is 0 Å². The fourth-order valence-electron chi connectivity index (χ4n) is 3.70. The van der Waals surface area contributed by atoms with Gasteiger partial charge in [-0.1, -0.05) is 60.7 Å². The number of rotatable bonds is 6. The molecule has 1 aromatic heterocycles. The van der Waals surface area contributed by atoms with Crippen molar-refractivity contribution in [3.63, 3.8) is 0 Å². The van der Waals surface area contributed by atoms with E-state index < -0.39 is 5.63 Å². The number of hydrogen-bond acceptors (Lipinski definition) is 4. The lowest BCUT2D eigenvalue weighted by Gasteiger charge is -2.29. The minimum Gasteiger partial charge on any atom is -0.484 e. The molecule has 0 fully saturated rings. The molecular weight excluding hydrogens is 390 g/mol. The zero-order valence-electron chi connectivity index (χ0n) is 17.4. The standard InChI is InChI=1S/C26H23NO4/c1-18-15-25(29)31-23-16-21(13-14-22(18)23)30-17-24(28)27(2)26(19-9-5-3-6-10-19)20-11-7-4-8-12-20/h3-16,26H,17H2,1-2H3. The van der Waals surface area contributed by atoms with Crippen molar-refractivity contribution in [1.29, 1.82) is 0 Å². The molecule has 0 radical (unpaired) electrons. The number of aryl methyl sites for hydroxylation is 1. The quantitative estimate of drug-likeness (QED) is 0.429. The lowest BCUT2D eigenvalue weighted by atomic mass is 9.97. The zero-order valence-corrected chi connectivity index (χ0v) is 17.4. The van der Waals surface area contributed by atoms with E-state index in [4.69, 9.17) is 9.15 Å². The molecule has 4 rings (SSSR count). The highest BCUT2D eigenvalue weighted by Crippen LogP contribution is 2.28. The monoisotopic (exact) mass is 413 g/mol. The maximum atomic E-state index is 13.0. The maximum absolute atomic E-state index is 13.0. The van der Waals surface area contributed by atoms with Gasteiger partial charge in [-0.2, -0.15) is 0 Å². The number of benzene rings is 3. The Morgan fingerprint density at radius 2 is 1.55 bits per heavy atom. The molecule has 156 valence electrons. The van der Waals surface area contributed by atoms with Crippen LogP contribution in [0.5, 0.6) is 5.75 Å². The second kappa shape index (κ2) is 8.88. The van der Waals surface area contributed by atoms with E-state index >= 15 is 0 Å². The third kappa shape index (κ3) is 4.51. The van der Waals surface area contributed by atoms with Crippen LogP contribution in [0.25, 0.3) is 11.0 Å². The molecule has 0 saturated carbocycles. The summed E-state index contributed by atoms with van der Waals surface area (Å²) < 4.78 is 11.0. The van der Waals surface area contributed by atoms with E-state index in [1.54, 1.807) is 24.1 Å². The van der Waals surface area contributed by atoms with Crippen LogP contribution in [0, 0.1) is 6.92 Å². The largest absolute Gasteiger partial charge is 0.484 e. The minimum absolute atomic E-state index is 0.131. The molecule has 0 N–H and O–H groups in total. The summed E-state index contributed by atoms with van der Waals surface area (Å²) in [6.45, 7) is 1.72. The molecule has 0 unspecified atom stereocenters. The van der Waals surface area contributed by atoms with Gasteiger partial charge in [-0.15, -0.1) is 0 Å². The summed E-state index contributed by atoms with van der Waals surface area (Å²) in [5.74, 6) is 0.308. The average Bonchev–Trinajstić information content (AvgIpc) is 2.78. The first-order valence-corrected chi connectivity index (χ1v) is 10.1. The molecular formula is C26H23NO4. The summed E-state index contributed by atoms with van der Waals surface area (Å²) in [6.07, 6.45) is 0. The van der Waals surface area contributed by atoms with Crippen LogP contribution < -0.4 is 10.4 Å². The molecule has 3 aromatic carbocycles. The van der Waals surface area contributed by atoms with Gasteiger partial charge in [0.15, 0.2) is 6.61 Å². The highest BCUT2D eigenvalue weighted by molar-refractivity contribution is 5.82. The smallest absolute Gasteiger partial charge is 0.336 e. The van der Waals surface area contributed by atoms with Gasteiger partial charge in [0.2, 0.25) is 0 Å². The molecule has 0 aliphatic rings. The van der Waals surface area contributed by atoms with E-state index in [9.17, 15) is 9.59 Å². The highest BCUT2D eigenvalue weighted by atomic mass is 16.5. The van der Waals surface area contributed by atoms with Gasteiger partial charge >= 0.3 is 5.63 Å². The number of carbonyl (C=O) groups is 1. The van der Waals surface area contributed by atoms with Crippen molar-refractivity contribution in [3.05, 3.63) is 112 Å². The number of hydrogen-bond donors (Lipinski definition) is 0. The summed E-state index contributed by atoms with van der Waals surface area (Å²) in [5.41, 5.74) is 2.91. The molecule has 0 spiro atoms. The number of ether oxygens (including phenoxy) is 1. The number of likely N-dealkylation sites (N-methyl/N-ethyl adjacent to an activating group) is 1. The van der Waals surface area contributed by atoms with Gasteiger partial charge in [-0.25, -0.2) is 4.79 Å². The van der Waals surface area contributed by atoms with Crippen molar-refractivity contribution in [1.82, 2.24) is 4.90 Å². The van der Waals surface area contributed by atoms with E-state index in [0.717, 1.165) is 22.1 Å². The summed E-state index contributed by atoms with van der Waals surface area (Å²) in [4.78, 5) is 26.3. The van der Waals surface area contributed by atoms with Crippen molar-refractivity contribution >= 4 is 16.9 Å². The highest BCUT2D eigenvalue weighted by Gasteiger charge is 2.23. The van der Waals surface area contributed by atoms with E-state index in [1.807, 2.05) is 73.7 Å². The van der Waals surface area contributed by atoms with Crippen LogP contribution in [-0.4, -0.2) is 24.5 Å². The fourth-order valence-corrected chi connectivity index (χ4v) is 3.70. The predicted molar refractivity (Wildman–Crippen MR) is 120 cm³/mol. The molecule has 0 saturated heterocycles. The topological polar surface area (TPSA) is 59.8 Å². The second-order valence-corrected chi connectivity index (χ2v) is 7.42. The van der Waals surface area contributed by atoms with Crippen molar-refractivity contribution in [3.8, 4) is 5.75 Å². The van der Waals surface area contributed by atoms with Gasteiger partial charge in [0.25, 0.3) is 5.91 Å². The first-order chi connectivity index (χ1) is 15.0. The molecule has 1 heterocycles. The molecule has 31 heavy (non-hydrogen) atoms. The van der Waals surface area contributed by atoms with E-state index in [1.165, 1.54) is 6.07 Å². The molecule has 0 atom stereocenters. The summed E-state index contributed by atoms with van der Waals surface area (Å²) in [7, 11) is 1.78. The van der Waals surface area contributed by atoms with Gasteiger partial charge < -0.3 is 14.1 Å². The van der Waals surface area contributed by atoms with Gasteiger partial charge in [0.1, 0.15) is 11.3 Å². The molecule has 4 aromatic rings. The average molecular weight is 413 g/mol. The predicted octanol–water partition coefficient (Wildman–Crippen LogP) is 4.73. The van der Waals surface area contributed by atoms with Crippen LogP contribution in [-0.2, 0) is 4.79 Å². The lowest BCUT2D eigenvalue weighted by molar-refractivity contribution is -0.133. The third-order valence-electron chi connectivity index (χ3n) is 5.30. The Morgan fingerprint density at radius 1 is 0.935 bits per heavy atom. The number of nitrogens with zero attached hydrogens (tertiary/aromatic N) is 1. The summed E-state index contributed by atoms with van der Waals surface area (Å²) >= 11 is 0. The summed E-state index contributed by atoms with van der Waals surface area (Å²) in [5, 5.41) is 0.837. The van der Waals surface area contributed by atoms with Gasteiger partial charge in [0, 0.05) is 24.6 Å². The Hall–Kier alpha value is -3.86. The van der Waals surface area contributed by atoms with Gasteiger partial charge in [-0.3, -0.25) is 4.79 Å². The molecule has 1 amide bonds. The number of amides is 1. The van der Waals surface area contributed by atoms with Gasteiger partial charge in [0.05, 0.1) is 6.04 Å². The number of carbonyl (C=O) groups excluding carboxylic acids is 1. The first-order valence-electron chi connectivity index (χ1n) is 10.1. The van der Waals surface area contributed by atoms with Crippen molar-refractivity contribution in [2.24, 2.45) is 0 Å². The fraction of sp³-hybridized carbons (Fsp3) is 0.154. The second-order valence-electron chi connectivity index (χ2n) is 7.42. The summed E-state index contributed by atoms with van der Waals surface area (Å²) in [6, 6.07) is 26.3. The normalized spacial score (nSPS) is 10.9. The SMILES string of the molecule is Cc1cc(=O)oc2cc(OCC(=O)N(C)C(c3ccccc3)c3ccccc3)ccc12. The Bertz CT molecular complexity index is 1210. The molecule has 0 aliphatic heterocycles. The van der Waals surface area contributed by atoms with Crippen molar-refractivity contribution < 1.29 is 13.9 Å². The Kier molecular flexibility index (Phi) is 5.85. The van der Waals surface area contributed by atoms with Crippen LogP contribution in [0.3, 0.4) is 0 Å². The Morgan fingerprint density at radius 3 is 2.16 bits per heavy atom. The van der Waals surface area contributed by atoms with Crippen LogP contribution in [0.4, 0.5) is 0 Å². The molecule has 5 nitrogen and oxygen atoms in total. The van der Waals surface area contributed by atoms with E-state index in [-0.39, 0.29) is 18.6 Å². The van der Waals surface area contributed by atoms with Crippen LogP contribution in [0.2, 0.25) is 0 Å². The molecule has 5 heteroatoms. The van der Waals surface area contributed by atoms with Crippen LogP contribution in [0.1, 0.15) is 22.7 Å². The Balaban J connectivity index is 1.54. The third-order valence-corrected chi connectivity index (χ3v) is 5.30. The van der Waals surface area contributed by atoms with Crippen LogP contribution >= 0.6 is 0 Å². The van der Waals surface area contributed by atoms with Gasteiger partial charge in [-0.05, 0) is 35.7 Å².